The van der Waals surface area contributed by atoms with Crippen LogP contribution in [0.3, 0.4) is 0 Å². The lowest BCUT2D eigenvalue weighted by Gasteiger charge is -2.39. The third-order valence-corrected chi connectivity index (χ3v) is 6.38. The van der Waals surface area contributed by atoms with Gasteiger partial charge in [0.2, 0.25) is 5.82 Å². The number of amides is 1. The van der Waals surface area contributed by atoms with Gasteiger partial charge in [0.15, 0.2) is 0 Å². The highest BCUT2D eigenvalue weighted by Gasteiger charge is 2.36. The maximum atomic E-state index is 14.7. The molecule has 0 aliphatic heterocycles. The van der Waals surface area contributed by atoms with Crippen molar-refractivity contribution in [1.82, 2.24) is 30.3 Å². The fourth-order valence-corrected chi connectivity index (χ4v) is 4.65. The molecule has 1 aliphatic carbocycles. The molecule has 0 saturated heterocycles. The SMILES string of the molecule is COc1ccc([N+]([O-])(C(=O)c2cccnc2)c2cccc(-c3nn[nH]n3)c2)cc1C1CCCC1. The second-order valence-electron chi connectivity index (χ2n) is 8.35. The Balaban J connectivity index is 1.69. The van der Waals surface area contributed by atoms with E-state index in [1.165, 1.54) is 6.20 Å². The van der Waals surface area contributed by atoms with Crippen molar-refractivity contribution in [1.29, 1.82) is 0 Å². The summed E-state index contributed by atoms with van der Waals surface area (Å²) in [7, 11) is 1.63. The number of nitrogens with zero attached hydrogens (tertiary/aromatic N) is 5. The third-order valence-electron chi connectivity index (χ3n) is 6.38. The molecule has 9 nitrogen and oxygen atoms in total. The van der Waals surface area contributed by atoms with Gasteiger partial charge in [0, 0.05) is 47.8 Å². The molecule has 2 aromatic carbocycles. The van der Waals surface area contributed by atoms with Gasteiger partial charge in [-0.15, -0.1) is 10.2 Å². The fraction of sp³-hybridized carbons (Fsp3) is 0.240. The van der Waals surface area contributed by atoms with E-state index >= 15 is 0 Å². The number of benzene rings is 2. The van der Waals surface area contributed by atoms with Crippen molar-refractivity contribution < 1.29 is 9.53 Å². The first-order chi connectivity index (χ1) is 16.6. The maximum Gasteiger partial charge on any atom is 0.357 e. The second-order valence-corrected chi connectivity index (χ2v) is 8.35. The number of aromatic nitrogens is 5. The molecule has 1 unspecified atom stereocenters. The number of pyridine rings is 1. The monoisotopic (exact) mass is 456 g/mol. The summed E-state index contributed by atoms with van der Waals surface area (Å²) in [4.78, 5) is 17.8. The predicted octanol–water partition coefficient (Wildman–Crippen LogP) is 4.91. The lowest BCUT2D eigenvalue weighted by molar-refractivity contribution is 0.0878. The van der Waals surface area contributed by atoms with Crippen molar-refractivity contribution in [2.24, 2.45) is 0 Å². The topological polar surface area (TPSA) is 117 Å². The zero-order valence-corrected chi connectivity index (χ0v) is 18.7. The van der Waals surface area contributed by atoms with Crippen molar-refractivity contribution in [3.63, 3.8) is 0 Å². The van der Waals surface area contributed by atoms with E-state index in [-0.39, 0.29) is 11.3 Å². The third kappa shape index (κ3) is 3.85. The number of hydrogen-bond donors (Lipinski definition) is 1. The van der Waals surface area contributed by atoms with E-state index in [1.807, 2.05) is 6.07 Å². The number of hydroxylamine groups is 1. The standard InChI is InChI=1S/C25H24N6O3/c1-34-23-12-11-21(15-22(23)17-6-2-3-7-17)31(33,25(32)19-9-5-13-26-16-19)20-10-4-8-18(14-20)24-27-29-30-28-24/h4-5,8-17H,2-3,6-7H2,1H3,(H,27,28,29,30). The number of aromatic amines is 1. The minimum absolute atomic E-state index is 0.223. The summed E-state index contributed by atoms with van der Waals surface area (Å²) in [6.45, 7) is 0. The van der Waals surface area contributed by atoms with Gasteiger partial charge in [-0.05, 0) is 42.2 Å². The summed E-state index contributed by atoms with van der Waals surface area (Å²) in [6, 6.07) is 15.3. The first kappa shape index (κ1) is 21.9. The van der Waals surface area contributed by atoms with Crippen LogP contribution >= 0.6 is 0 Å². The molecule has 5 rings (SSSR count). The Kier molecular flexibility index (Phi) is 5.87. The number of nitrogens with one attached hydrogen (secondary N) is 1. The van der Waals surface area contributed by atoms with E-state index in [4.69, 9.17) is 4.74 Å². The highest BCUT2D eigenvalue weighted by atomic mass is 16.6. The second kappa shape index (κ2) is 9.12. The number of carbonyl (C=O) groups excluding carboxylic acids is 1. The van der Waals surface area contributed by atoms with Crippen LogP contribution in [-0.4, -0.2) is 38.6 Å². The summed E-state index contributed by atoms with van der Waals surface area (Å²) in [5.74, 6) is 0.726. The quantitative estimate of drug-likeness (QED) is 0.324. The van der Waals surface area contributed by atoms with Crippen LogP contribution in [0, 0.1) is 5.21 Å². The number of ether oxygens (including phenoxy) is 1. The van der Waals surface area contributed by atoms with Crippen LogP contribution in [0.15, 0.2) is 67.0 Å². The molecule has 1 amide bonds. The molecule has 9 heteroatoms. The van der Waals surface area contributed by atoms with E-state index in [1.54, 1.807) is 61.8 Å². The highest BCUT2D eigenvalue weighted by molar-refractivity contribution is 6.07. The average molecular weight is 457 g/mol. The number of quaternary nitrogens is 1. The van der Waals surface area contributed by atoms with Gasteiger partial charge in [0.05, 0.1) is 12.7 Å². The summed E-state index contributed by atoms with van der Waals surface area (Å²) >= 11 is 0. The minimum Gasteiger partial charge on any atom is -0.614 e. The van der Waals surface area contributed by atoms with Crippen LogP contribution in [0.4, 0.5) is 11.4 Å². The van der Waals surface area contributed by atoms with Gasteiger partial charge in [-0.3, -0.25) is 4.98 Å². The van der Waals surface area contributed by atoms with Gasteiger partial charge < -0.3 is 9.94 Å². The zero-order valence-electron chi connectivity index (χ0n) is 18.7. The van der Waals surface area contributed by atoms with Gasteiger partial charge in [-0.2, -0.15) is 5.21 Å². The molecule has 1 atom stereocenters. The molecule has 2 aromatic heterocycles. The van der Waals surface area contributed by atoms with Crippen molar-refractivity contribution in [2.75, 3.05) is 7.11 Å². The van der Waals surface area contributed by atoms with Crippen LogP contribution in [0.5, 0.6) is 5.75 Å². The number of methoxy groups -OCH3 is 1. The molecule has 0 radical (unpaired) electrons. The molecular formula is C25H24N6O3. The van der Waals surface area contributed by atoms with E-state index in [0.29, 0.717) is 23.0 Å². The van der Waals surface area contributed by atoms with Gasteiger partial charge in [-0.1, -0.05) is 25.0 Å². The molecule has 0 bridgehead atoms. The molecule has 172 valence electrons. The summed E-state index contributed by atoms with van der Waals surface area (Å²) in [5, 5.41) is 28.8. The first-order valence-electron chi connectivity index (χ1n) is 11.2. The molecule has 34 heavy (non-hydrogen) atoms. The number of carbonyl (C=O) groups is 1. The minimum atomic E-state index is -1.32. The average Bonchev–Trinajstić information content (AvgIpc) is 3.63. The van der Waals surface area contributed by atoms with Crippen LogP contribution in [0.2, 0.25) is 0 Å². The van der Waals surface area contributed by atoms with Crippen molar-refractivity contribution >= 4 is 17.3 Å². The molecule has 1 N–H and O–H groups in total. The molecule has 1 aliphatic rings. The van der Waals surface area contributed by atoms with E-state index in [0.717, 1.165) is 37.0 Å². The number of tetrazole rings is 1. The van der Waals surface area contributed by atoms with Gasteiger partial charge in [-0.25, -0.2) is 9.44 Å². The Morgan fingerprint density at radius 3 is 2.62 bits per heavy atom. The normalized spacial score (nSPS) is 15.7. The van der Waals surface area contributed by atoms with Crippen molar-refractivity contribution in [3.05, 3.63) is 83.3 Å². The fourth-order valence-electron chi connectivity index (χ4n) is 4.65. The molecule has 1 saturated carbocycles. The predicted molar refractivity (Wildman–Crippen MR) is 127 cm³/mol. The zero-order chi connectivity index (χ0) is 23.5. The molecule has 1 fully saturated rings. The van der Waals surface area contributed by atoms with E-state index in [2.05, 4.69) is 25.6 Å². The molecule has 0 spiro atoms. The lowest BCUT2D eigenvalue weighted by Crippen LogP contribution is -2.44. The number of hydrogen-bond acceptors (Lipinski definition) is 7. The van der Waals surface area contributed by atoms with Crippen LogP contribution in [0.1, 0.15) is 47.5 Å². The Bertz CT molecular complexity index is 1290. The Morgan fingerprint density at radius 1 is 1.09 bits per heavy atom. The van der Waals surface area contributed by atoms with Gasteiger partial charge in [0.25, 0.3) is 0 Å². The molecular weight excluding hydrogens is 432 g/mol. The Hall–Kier alpha value is -3.95. The Morgan fingerprint density at radius 2 is 1.91 bits per heavy atom. The molecule has 2 heterocycles. The van der Waals surface area contributed by atoms with Crippen LogP contribution < -0.4 is 9.38 Å². The van der Waals surface area contributed by atoms with E-state index in [9.17, 15) is 10.0 Å². The van der Waals surface area contributed by atoms with Crippen LogP contribution in [0.25, 0.3) is 11.4 Å². The van der Waals surface area contributed by atoms with Crippen molar-refractivity contribution in [2.45, 2.75) is 31.6 Å². The summed E-state index contributed by atoms with van der Waals surface area (Å²) in [6.07, 6.45) is 7.31. The van der Waals surface area contributed by atoms with Gasteiger partial charge in [0.1, 0.15) is 17.1 Å². The lowest BCUT2D eigenvalue weighted by atomic mass is 9.95. The highest BCUT2D eigenvalue weighted by Crippen LogP contribution is 2.44. The van der Waals surface area contributed by atoms with Crippen LogP contribution in [-0.2, 0) is 0 Å². The number of rotatable bonds is 6. The smallest absolute Gasteiger partial charge is 0.357 e. The van der Waals surface area contributed by atoms with E-state index < -0.39 is 10.6 Å². The molecule has 4 aromatic rings. The van der Waals surface area contributed by atoms with Crippen molar-refractivity contribution in [3.8, 4) is 17.1 Å². The first-order valence-corrected chi connectivity index (χ1v) is 11.2. The largest absolute Gasteiger partial charge is 0.614 e. The number of H-pyrrole nitrogens is 1. The Labute approximate surface area is 196 Å². The summed E-state index contributed by atoms with van der Waals surface area (Å²) in [5.41, 5.74) is 2.30. The maximum absolute atomic E-state index is 14.7. The van der Waals surface area contributed by atoms with Gasteiger partial charge >= 0.3 is 5.91 Å². The summed E-state index contributed by atoms with van der Waals surface area (Å²) < 4.78 is 4.30.